The van der Waals surface area contributed by atoms with Crippen molar-refractivity contribution in [3.8, 4) is 0 Å². The third kappa shape index (κ3) is 4.01. The van der Waals surface area contributed by atoms with Crippen LogP contribution in [-0.4, -0.2) is 25.6 Å². The Bertz CT molecular complexity index is 905. The highest BCUT2D eigenvalue weighted by Gasteiger charge is 2.52. The Hall–Kier alpha value is -1.92. The van der Waals surface area contributed by atoms with Gasteiger partial charge in [0, 0.05) is 11.6 Å². The van der Waals surface area contributed by atoms with E-state index < -0.39 is 20.5 Å². The zero-order chi connectivity index (χ0) is 19.5. The molecular formula is C20H21ClFNO3S. The lowest BCUT2D eigenvalue weighted by Gasteiger charge is -2.27. The Morgan fingerprint density at radius 1 is 1.04 bits per heavy atom. The normalized spacial score (nSPS) is 16.2. The second kappa shape index (κ2) is 7.98. The lowest BCUT2D eigenvalue weighted by molar-refractivity contribution is -0.123. The summed E-state index contributed by atoms with van der Waals surface area (Å²) in [6.07, 6.45) is 2.50. The fourth-order valence-corrected chi connectivity index (χ4v) is 5.75. The third-order valence-corrected chi connectivity index (χ3v) is 7.84. The second-order valence-electron chi connectivity index (χ2n) is 6.79. The molecule has 1 fully saturated rings. The van der Waals surface area contributed by atoms with Crippen LogP contribution in [0.3, 0.4) is 0 Å². The van der Waals surface area contributed by atoms with Crippen molar-refractivity contribution < 1.29 is 17.6 Å². The SMILES string of the molecule is O=C(NCCc1ccc(F)cc1)C1(S(=O)(=O)c2ccc(Cl)cc2)CCCC1. The van der Waals surface area contributed by atoms with Gasteiger partial charge >= 0.3 is 0 Å². The Kier molecular flexibility index (Phi) is 5.86. The zero-order valence-electron chi connectivity index (χ0n) is 14.8. The largest absolute Gasteiger partial charge is 0.354 e. The molecule has 1 aliphatic rings. The Balaban J connectivity index is 1.76. The summed E-state index contributed by atoms with van der Waals surface area (Å²) in [7, 11) is -3.84. The second-order valence-corrected chi connectivity index (χ2v) is 9.49. The van der Waals surface area contributed by atoms with E-state index in [0.29, 0.717) is 43.7 Å². The highest BCUT2D eigenvalue weighted by atomic mass is 35.5. The summed E-state index contributed by atoms with van der Waals surface area (Å²) in [6.45, 7) is 0.294. The summed E-state index contributed by atoms with van der Waals surface area (Å²) in [4.78, 5) is 13.0. The molecule has 3 rings (SSSR count). The van der Waals surface area contributed by atoms with Gasteiger partial charge in [0.25, 0.3) is 0 Å². The van der Waals surface area contributed by atoms with Crippen LogP contribution in [0, 0.1) is 5.82 Å². The molecule has 0 atom stereocenters. The lowest BCUT2D eigenvalue weighted by atomic mass is 10.1. The third-order valence-electron chi connectivity index (χ3n) is 5.08. The van der Waals surface area contributed by atoms with Crippen LogP contribution in [0.5, 0.6) is 0 Å². The monoisotopic (exact) mass is 409 g/mol. The van der Waals surface area contributed by atoms with Gasteiger partial charge in [-0.3, -0.25) is 4.79 Å². The van der Waals surface area contributed by atoms with Crippen molar-refractivity contribution in [1.29, 1.82) is 0 Å². The standard InChI is InChI=1S/C20H21ClFNO3S/c21-16-5-9-18(10-6-16)27(25,26)20(12-1-2-13-20)19(24)23-14-11-15-3-7-17(22)8-4-15/h3-10H,1-2,11-14H2,(H,23,24). The van der Waals surface area contributed by atoms with Crippen LogP contribution >= 0.6 is 11.6 Å². The molecule has 0 spiro atoms. The summed E-state index contributed by atoms with van der Waals surface area (Å²) >= 11 is 5.86. The van der Waals surface area contributed by atoms with Crippen LogP contribution in [0.2, 0.25) is 5.02 Å². The van der Waals surface area contributed by atoms with E-state index in [-0.39, 0.29) is 10.7 Å². The van der Waals surface area contributed by atoms with E-state index in [1.165, 1.54) is 36.4 Å². The van der Waals surface area contributed by atoms with Gasteiger partial charge in [-0.15, -0.1) is 0 Å². The first-order chi connectivity index (χ1) is 12.8. The number of hydrogen-bond donors (Lipinski definition) is 1. The van der Waals surface area contributed by atoms with Gasteiger partial charge in [-0.2, -0.15) is 0 Å². The number of carbonyl (C=O) groups is 1. The van der Waals surface area contributed by atoms with Gasteiger partial charge in [0.2, 0.25) is 5.91 Å². The maximum Gasteiger partial charge on any atom is 0.241 e. The number of amides is 1. The molecule has 2 aromatic rings. The molecule has 0 radical (unpaired) electrons. The molecule has 0 bridgehead atoms. The molecule has 27 heavy (non-hydrogen) atoms. The smallest absolute Gasteiger partial charge is 0.241 e. The summed E-state index contributed by atoms with van der Waals surface area (Å²) in [6, 6.07) is 12.0. The molecule has 144 valence electrons. The van der Waals surface area contributed by atoms with Crippen LogP contribution in [-0.2, 0) is 21.1 Å². The molecule has 4 nitrogen and oxygen atoms in total. The van der Waals surface area contributed by atoms with Gasteiger partial charge in [0.1, 0.15) is 5.82 Å². The van der Waals surface area contributed by atoms with Crippen LogP contribution in [0.25, 0.3) is 0 Å². The van der Waals surface area contributed by atoms with E-state index in [2.05, 4.69) is 5.32 Å². The molecule has 7 heteroatoms. The van der Waals surface area contributed by atoms with Crippen LogP contribution in [0.15, 0.2) is 53.4 Å². The molecular weight excluding hydrogens is 389 g/mol. The first-order valence-corrected chi connectivity index (χ1v) is 10.7. The van der Waals surface area contributed by atoms with Gasteiger partial charge in [0.05, 0.1) is 4.90 Å². The van der Waals surface area contributed by atoms with Crippen molar-refractivity contribution in [1.82, 2.24) is 5.32 Å². The number of hydrogen-bond acceptors (Lipinski definition) is 3. The van der Waals surface area contributed by atoms with Crippen molar-refractivity contribution in [2.45, 2.75) is 41.7 Å². The topological polar surface area (TPSA) is 63.2 Å². The van der Waals surface area contributed by atoms with E-state index in [1.807, 2.05) is 0 Å². The predicted octanol–water partition coefficient (Wildman–Crippen LogP) is 3.92. The molecule has 0 saturated heterocycles. The highest BCUT2D eigenvalue weighted by Crippen LogP contribution is 2.41. The summed E-state index contributed by atoms with van der Waals surface area (Å²) in [5, 5.41) is 3.22. The molecule has 0 aliphatic heterocycles. The van der Waals surface area contributed by atoms with Crippen molar-refractivity contribution in [3.05, 3.63) is 64.9 Å². The summed E-state index contributed by atoms with van der Waals surface area (Å²) in [5.41, 5.74) is 0.873. The Labute approximate surface area is 163 Å². The van der Waals surface area contributed by atoms with Gasteiger partial charge in [-0.05, 0) is 61.2 Å². The fraction of sp³-hybridized carbons (Fsp3) is 0.350. The van der Waals surface area contributed by atoms with Gasteiger partial charge < -0.3 is 5.32 Å². The number of sulfone groups is 1. The number of carbonyl (C=O) groups excluding carboxylic acids is 1. The Morgan fingerprint density at radius 2 is 1.63 bits per heavy atom. The van der Waals surface area contributed by atoms with Crippen molar-refractivity contribution in [2.24, 2.45) is 0 Å². The average molecular weight is 410 g/mol. The van der Waals surface area contributed by atoms with Crippen molar-refractivity contribution >= 4 is 27.3 Å². The van der Waals surface area contributed by atoms with E-state index in [9.17, 15) is 17.6 Å². The van der Waals surface area contributed by atoms with E-state index in [1.54, 1.807) is 12.1 Å². The molecule has 0 aromatic heterocycles. The Morgan fingerprint density at radius 3 is 2.22 bits per heavy atom. The van der Waals surface area contributed by atoms with Crippen molar-refractivity contribution in [3.63, 3.8) is 0 Å². The van der Waals surface area contributed by atoms with Gasteiger partial charge in [-0.1, -0.05) is 36.6 Å². The molecule has 0 unspecified atom stereocenters. The van der Waals surface area contributed by atoms with E-state index in [0.717, 1.165) is 5.56 Å². The highest BCUT2D eigenvalue weighted by molar-refractivity contribution is 7.93. The zero-order valence-corrected chi connectivity index (χ0v) is 16.3. The first kappa shape index (κ1) is 19.8. The molecule has 2 aromatic carbocycles. The summed E-state index contributed by atoms with van der Waals surface area (Å²) < 4.78 is 38.0. The predicted molar refractivity (Wildman–Crippen MR) is 103 cm³/mol. The minimum absolute atomic E-state index is 0.113. The fourth-order valence-electron chi connectivity index (χ4n) is 3.54. The van der Waals surface area contributed by atoms with Crippen molar-refractivity contribution in [2.75, 3.05) is 6.54 Å². The van der Waals surface area contributed by atoms with E-state index >= 15 is 0 Å². The quantitative estimate of drug-likeness (QED) is 0.786. The van der Waals surface area contributed by atoms with Crippen LogP contribution in [0.1, 0.15) is 31.2 Å². The molecule has 1 N–H and O–H groups in total. The van der Waals surface area contributed by atoms with Gasteiger partial charge in [0.15, 0.2) is 14.6 Å². The molecule has 0 heterocycles. The maximum atomic E-state index is 13.2. The minimum atomic E-state index is -3.84. The van der Waals surface area contributed by atoms with Gasteiger partial charge in [-0.25, -0.2) is 12.8 Å². The number of benzene rings is 2. The molecule has 1 saturated carbocycles. The first-order valence-electron chi connectivity index (χ1n) is 8.88. The lowest BCUT2D eigenvalue weighted by Crippen LogP contribution is -2.51. The van der Waals surface area contributed by atoms with Crippen LogP contribution in [0.4, 0.5) is 4.39 Å². The molecule has 1 aliphatic carbocycles. The number of halogens is 2. The number of nitrogens with one attached hydrogen (secondary N) is 1. The van der Waals surface area contributed by atoms with Crippen LogP contribution < -0.4 is 5.32 Å². The number of rotatable bonds is 6. The van der Waals surface area contributed by atoms with E-state index in [4.69, 9.17) is 11.6 Å². The molecule has 1 amide bonds. The maximum absolute atomic E-state index is 13.2. The minimum Gasteiger partial charge on any atom is -0.354 e. The average Bonchev–Trinajstić information content (AvgIpc) is 3.15. The summed E-state index contributed by atoms with van der Waals surface area (Å²) in [5.74, 6) is -0.779.